The summed E-state index contributed by atoms with van der Waals surface area (Å²) < 4.78 is 35.0. The van der Waals surface area contributed by atoms with Crippen molar-refractivity contribution >= 4 is 16.0 Å². The van der Waals surface area contributed by atoms with Gasteiger partial charge in [0.05, 0.1) is 25.9 Å². The molecule has 0 amide bonds. The third kappa shape index (κ3) is 8.18. The highest BCUT2D eigenvalue weighted by Gasteiger charge is 2.22. The van der Waals surface area contributed by atoms with Gasteiger partial charge in [0.2, 0.25) is 10.0 Å². The van der Waals surface area contributed by atoms with E-state index in [1.165, 1.54) is 18.5 Å². The first-order valence-corrected chi connectivity index (χ1v) is 7.98. The zero-order valence-electron chi connectivity index (χ0n) is 12.2. The largest absolute Gasteiger partial charge is 0.469 e. The zero-order valence-corrected chi connectivity index (χ0v) is 13.0. The number of nitrogens with zero attached hydrogens (tertiary/aromatic N) is 1. The molecule has 0 atom stereocenters. The van der Waals surface area contributed by atoms with Gasteiger partial charge in [0.15, 0.2) is 0 Å². The summed E-state index contributed by atoms with van der Waals surface area (Å²) in [5, 5.41) is 0. The minimum Gasteiger partial charge on any atom is -0.469 e. The van der Waals surface area contributed by atoms with E-state index >= 15 is 0 Å². The van der Waals surface area contributed by atoms with Crippen LogP contribution < -0.4 is 0 Å². The van der Waals surface area contributed by atoms with Crippen molar-refractivity contribution in [1.29, 1.82) is 0 Å². The lowest BCUT2D eigenvalue weighted by atomic mass is 10.2. The van der Waals surface area contributed by atoms with Crippen molar-refractivity contribution in [3.63, 3.8) is 0 Å². The van der Waals surface area contributed by atoms with Gasteiger partial charge in [0.1, 0.15) is 0 Å². The third-order valence-corrected chi connectivity index (χ3v) is 4.59. The van der Waals surface area contributed by atoms with Crippen LogP contribution >= 0.6 is 0 Å². The fourth-order valence-corrected chi connectivity index (χ4v) is 3.16. The van der Waals surface area contributed by atoms with Crippen molar-refractivity contribution in [2.24, 2.45) is 5.92 Å². The lowest BCUT2D eigenvalue weighted by Crippen LogP contribution is -2.37. The Bertz CT molecular complexity index is 353. The highest BCUT2D eigenvalue weighted by Crippen LogP contribution is 2.09. The van der Waals surface area contributed by atoms with Crippen LogP contribution in [-0.2, 0) is 24.3 Å². The molecule has 7 heteroatoms. The Labute approximate surface area is 116 Å². The Kier molecular flexibility index (Phi) is 8.95. The van der Waals surface area contributed by atoms with Crippen LogP contribution in [0.5, 0.6) is 0 Å². The van der Waals surface area contributed by atoms with Gasteiger partial charge in [-0.05, 0) is 12.3 Å². The summed E-state index contributed by atoms with van der Waals surface area (Å²) in [6.07, 6.45) is 0.658. The van der Waals surface area contributed by atoms with Crippen LogP contribution in [-0.4, -0.2) is 58.4 Å². The number of sulfonamides is 1. The molecule has 0 unspecified atom stereocenters. The van der Waals surface area contributed by atoms with Gasteiger partial charge in [-0.25, -0.2) is 8.42 Å². The van der Waals surface area contributed by atoms with Crippen molar-refractivity contribution in [1.82, 2.24) is 4.31 Å². The Morgan fingerprint density at radius 3 is 2.32 bits per heavy atom. The van der Waals surface area contributed by atoms with E-state index in [-0.39, 0.29) is 25.3 Å². The molecule has 0 aromatic rings. The Morgan fingerprint density at radius 1 is 1.21 bits per heavy atom. The number of esters is 1. The lowest BCUT2D eigenvalue weighted by molar-refractivity contribution is -0.140. The first-order valence-electron chi connectivity index (χ1n) is 6.37. The predicted molar refractivity (Wildman–Crippen MR) is 73.3 cm³/mol. The first-order chi connectivity index (χ1) is 8.83. The molecule has 0 aromatic carbocycles. The van der Waals surface area contributed by atoms with Crippen LogP contribution in [0, 0.1) is 5.92 Å². The summed E-state index contributed by atoms with van der Waals surface area (Å²) in [7, 11) is -0.548. The summed E-state index contributed by atoms with van der Waals surface area (Å²) in [6, 6.07) is 0. The van der Waals surface area contributed by atoms with E-state index in [9.17, 15) is 13.2 Å². The van der Waals surface area contributed by atoms with E-state index in [0.717, 1.165) is 0 Å². The number of carbonyl (C=O) groups is 1. The molecule has 6 nitrogen and oxygen atoms in total. The predicted octanol–water partition coefficient (Wildman–Crippen LogP) is 0.874. The van der Waals surface area contributed by atoms with Crippen LogP contribution in [0.1, 0.15) is 26.7 Å². The van der Waals surface area contributed by atoms with Crippen molar-refractivity contribution in [3.8, 4) is 0 Å². The van der Waals surface area contributed by atoms with E-state index in [1.807, 2.05) is 13.8 Å². The van der Waals surface area contributed by atoms with E-state index in [1.54, 1.807) is 0 Å². The van der Waals surface area contributed by atoms with Crippen LogP contribution in [0.4, 0.5) is 0 Å². The van der Waals surface area contributed by atoms with Gasteiger partial charge in [-0.2, -0.15) is 4.31 Å². The molecule has 0 spiro atoms. The molecule has 0 saturated heterocycles. The maximum atomic E-state index is 12.2. The molecule has 0 N–H and O–H groups in total. The van der Waals surface area contributed by atoms with Crippen LogP contribution in [0.15, 0.2) is 0 Å². The van der Waals surface area contributed by atoms with Crippen molar-refractivity contribution in [3.05, 3.63) is 0 Å². The molecule has 0 fully saturated rings. The fourth-order valence-electron chi connectivity index (χ4n) is 1.41. The Hall–Kier alpha value is -0.660. The van der Waals surface area contributed by atoms with E-state index in [2.05, 4.69) is 4.74 Å². The van der Waals surface area contributed by atoms with E-state index < -0.39 is 16.0 Å². The average molecular weight is 295 g/mol. The standard InChI is InChI=1S/C12H25NO5S/c1-11(2)6-10-19(15,16)13(8-9-17-3)7-5-12(14)18-4/h11H,5-10H2,1-4H3. The molecular formula is C12H25NO5S. The molecule has 0 aliphatic rings. The second kappa shape index (κ2) is 9.28. The summed E-state index contributed by atoms with van der Waals surface area (Å²) >= 11 is 0. The molecule has 0 aliphatic heterocycles. The van der Waals surface area contributed by atoms with Crippen molar-refractivity contribution in [2.75, 3.05) is 39.7 Å². The zero-order chi connectivity index (χ0) is 14.9. The van der Waals surface area contributed by atoms with Gasteiger partial charge in [-0.3, -0.25) is 4.79 Å². The highest BCUT2D eigenvalue weighted by atomic mass is 32.2. The van der Waals surface area contributed by atoms with Gasteiger partial charge in [0, 0.05) is 20.2 Å². The van der Waals surface area contributed by atoms with Crippen LogP contribution in [0.2, 0.25) is 0 Å². The summed E-state index contributed by atoms with van der Waals surface area (Å²) in [5.41, 5.74) is 0. The summed E-state index contributed by atoms with van der Waals surface area (Å²) in [4.78, 5) is 11.1. The number of ether oxygens (including phenoxy) is 2. The average Bonchev–Trinajstić information content (AvgIpc) is 2.35. The number of hydrogen-bond acceptors (Lipinski definition) is 5. The molecular weight excluding hydrogens is 270 g/mol. The molecule has 19 heavy (non-hydrogen) atoms. The number of rotatable bonds is 10. The Balaban J connectivity index is 4.57. The van der Waals surface area contributed by atoms with Crippen molar-refractivity contribution in [2.45, 2.75) is 26.7 Å². The fraction of sp³-hybridized carbons (Fsp3) is 0.917. The van der Waals surface area contributed by atoms with E-state index in [0.29, 0.717) is 18.9 Å². The van der Waals surface area contributed by atoms with Gasteiger partial charge >= 0.3 is 5.97 Å². The molecule has 0 aromatic heterocycles. The number of methoxy groups -OCH3 is 2. The number of hydrogen-bond donors (Lipinski definition) is 0. The third-order valence-electron chi connectivity index (χ3n) is 2.68. The molecule has 0 bridgehead atoms. The first kappa shape index (κ1) is 18.3. The lowest BCUT2D eigenvalue weighted by Gasteiger charge is -2.21. The SMILES string of the molecule is COCCN(CCC(=O)OC)S(=O)(=O)CCC(C)C. The monoisotopic (exact) mass is 295 g/mol. The van der Waals surface area contributed by atoms with Crippen LogP contribution in [0.25, 0.3) is 0 Å². The van der Waals surface area contributed by atoms with Crippen LogP contribution in [0.3, 0.4) is 0 Å². The van der Waals surface area contributed by atoms with Gasteiger partial charge < -0.3 is 9.47 Å². The Morgan fingerprint density at radius 2 is 1.84 bits per heavy atom. The van der Waals surface area contributed by atoms with Gasteiger partial charge in [-0.1, -0.05) is 13.8 Å². The summed E-state index contributed by atoms with van der Waals surface area (Å²) in [6.45, 7) is 4.65. The minimum absolute atomic E-state index is 0.0567. The topological polar surface area (TPSA) is 72.9 Å². The van der Waals surface area contributed by atoms with E-state index in [4.69, 9.17) is 4.74 Å². The quantitative estimate of drug-likeness (QED) is 0.559. The highest BCUT2D eigenvalue weighted by molar-refractivity contribution is 7.89. The summed E-state index contributed by atoms with van der Waals surface area (Å²) in [5.74, 6) is -0.00336. The molecule has 0 rings (SSSR count). The molecule has 0 saturated carbocycles. The maximum absolute atomic E-state index is 12.2. The second-order valence-corrected chi connectivity index (χ2v) is 6.80. The molecule has 0 radical (unpaired) electrons. The normalized spacial score (nSPS) is 12.1. The molecule has 0 heterocycles. The van der Waals surface area contributed by atoms with Crippen molar-refractivity contribution < 1.29 is 22.7 Å². The van der Waals surface area contributed by atoms with Gasteiger partial charge in [-0.15, -0.1) is 0 Å². The number of carbonyl (C=O) groups excluding carboxylic acids is 1. The second-order valence-electron chi connectivity index (χ2n) is 4.72. The smallest absolute Gasteiger partial charge is 0.306 e. The molecule has 114 valence electrons. The van der Waals surface area contributed by atoms with Gasteiger partial charge in [0.25, 0.3) is 0 Å². The minimum atomic E-state index is -3.35. The molecule has 0 aliphatic carbocycles. The maximum Gasteiger partial charge on any atom is 0.306 e.